The van der Waals surface area contributed by atoms with Crippen molar-refractivity contribution >= 4 is 5.91 Å². The van der Waals surface area contributed by atoms with Gasteiger partial charge in [-0.3, -0.25) is 10.1 Å². The van der Waals surface area contributed by atoms with Gasteiger partial charge in [0.05, 0.1) is 5.56 Å². The molecule has 0 bridgehead atoms. The van der Waals surface area contributed by atoms with Crippen LogP contribution in [0, 0.1) is 17.1 Å². The Hall–Kier alpha value is -1.93. The zero-order valence-electron chi connectivity index (χ0n) is 10.5. The Morgan fingerprint density at radius 1 is 1.47 bits per heavy atom. The molecule has 0 radical (unpaired) electrons. The van der Waals surface area contributed by atoms with Crippen LogP contribution in [0.3, 0.4) is 0 Å². The van der Waals surface area contributed by atoms with E-state index in [1.165, 1.54) is 18.2 Å². The van der Waals surface area contributed by atoms with Gasteiger partial charge in [-0.25, -0.2) is 4.39 Å². The van der Waals surface area contributed by atoms with Crippen LogP contribution in [0.25, 0.3) is 0 Å². The van der Waals surface area contributed by atoms with Crippen molar-refractivity contribution in [2.45, 2.75) is 37.8 Å². The number of benzene rings is 1. The zero-order chi connectivity index (χ0) is 13.8. The number of carbonyl (C=O) groups is 1. The predicted octanol–water partition coefficient (Wildman–Crippen LogP) is 1.76. The highest BCUT2D eigenvalue weighted by Crippen LogP contribution is 2.23. The second kappa shape index (κ2) is 5.81. The summed E-state index contributed by atoms with van der Waals surface area (Å²) in [4.78, 5) is 11.6. The van der Waals surface area contributed by atoms with Crippen LogP contribution in [0.15, 0.2) is 18.2 Å². The van der Waals surface area contributed by atoms with Gasteiger partial charge in [0.2, 0.25) is 5.91 Å². The smallest absolute Gasteiger partial charge is 0.239 e. The van der Waals surface area contributed by atoms with Crippen LogP contribution in [0.2, 0.25) is 0 Å². The highest BCUT2D eigenvalue weighted by atomic mass is 19.1. The van der Waals surface area contributed by atoms with Crippen LogP contribution in [0.4, 0.5) is 4.39 Å². The first-order valence-electron chi connectivity index (χ1n) is 6.36. The van der Waals surface area contributed by atoms with Gasteiger partial charge in [-0.2, -0.15) is 5.26 Å². The van der Waals surface area contributed by atoms with E-state index >= 15 is 0 Å². The number of carbonyl (C=O) groups excluding carboxylic acids is 1. The lowest BCUT2D eigenvalue weighted by atomic mass is 10.0. The van der Waals surface area contributed by atoms with Gasteiger partial charge in [0.25, 0.3) is 0 Å². The first-order valence-corrected chi connectivity index (χ1v) is 6.36. The number of nitrogens with two attached hydrogens (primary N) is 1. The van der Waals surface area contributed by atoms with Crippen molar-refractivity contribution < 1.29 is 9.18 Å². The molecule has 1 aliphatic rings. The molecule has 5 heteroatoms. The summed E-state index contributed by atoms with van der Waals surface area (Å²) in [6.45, 7) is 0. The van der Waals surface area contributed by atoms with Crippen molar-refractivity contribution in [1.82, 2.24) is 5.32 Å². The Labute approximate surface area is 111 Å². The lowest BCUT2D eigenvalue weighted by Crippen LogP contribution is -2.38. The molecule has 19 heavy (non-hydrogen) atoms. The first-order chi connectivity index (χ1) is 9.11. The maximum atomic E-state index is 13.3. The molecule has 0 aromatic heterocycles. The van der Waals surface area contributed by atoms with Crippen LogP contribution < -0.4 is 11.1 Å². The summed E-state index contributed by atoms with van der Waals surface area (Å²) in [6.07, 6.45) is 4.29. The van der Waals surface area contributed by atoms with Crippen molar-refractivity contribution in [2.75, 3.05) is 0 Å². The van der Waals surface area contributed by atoms with E-state index in [1.807, 2.05) is 0 Å². The van der Waals surface area contributed by atoms with Crippen molar-refractivity contribution in [2.24, 2.45) is 5.73 Å². The molecular weight excluding hydrogens is 245 g/mol. The van der Waals surface area contributed by atoms with Gasteiger partial charge in [-0.05, 0) is 30.5 Å². The van der Waals surface area contributed by atoms with Gasteiger partial charge >= 0.3 is 0 Å². The minimum absolute atomic E-state index is 0.0722. The maximum absolute atomic E-state index is 13.3. The molecule has 100 valence electrons. The molecule has 0 heterocycles. The summed E-state index contributed by atoms with van der Waals surface area (Å²) in [5, 5.41) is 12.0. The second-order valence-corrected chi connectivity index (χ2v) is 4.83. The number of rotatable bonds is 4. The number of hydrogen-bond donors (Lipinski definition) is 2. The largest absolute Gasteiger partial charge is 0.368 e. The van der Waals surface area contributed by atoms with E-state index in [1.54, 1.807) is 6.07 Å². The Balaban J connectivity index is 2.23. The number of nitriles is 1. The third-order valence-electron chi connectivity index (χ3n) is 3.49. The van der Waals surface area contributed by atoms with Crippen LogP contribution in [-0.4, -0.2) is 11.9 Å². The van der Waals surface area contributed by atoms with Crippen molar-refractivity contribution in [3.05, 3.63) is 35.1 Å². The number of hydrogen-bond acceptors (Lipinski definition) is 3. The lowest BCUT2D eigenvalue weighted by Gasteiger charge is -2.20. The van der Waals surface area contributed by atoms with E-state index in [4.69, 9.17) is 11.0 Å². The van der Waals surface area contributed by atoms with Crippen molar-refractivity contribution in [1.29, 1.82) is 5.26 Å². The van der Waals surface area contributed by atoms with E-state index in [-0.39, 0.29) is 11.6 Å². The molecule has 4 nitrogen and oxygen atoms in total. The SMILES string of the molecule is N#Cc1cc(C(NC2CCCC2)C(N)=O)ccc1F. The van der Waals surface area contributed by atoms with E-state index in [0.29, 0.717) is 5.56 Å². The minimum atomic E-state index is -0.671. The third-order valence-corrected chi connectivity index (χ3v) is 3.49. The number of amides is 1. The Bertz CT molecular complexity index is 518. The minimum Gasteiger partial charge on any atom is -0.368 e. The van der Waals surface area contributed by atoms with Crippen molar-refractivity contribution in [3.63, 3.8) is 0 Å². The molecule has 1 aromatic rings. The predicted molar refractivity (Wildman–Crippen MR) is 68.4 cm³/mol. The van der Waals surface area contributed by atoms with Crippen molar-refractivity contribution in [3.8, 4) is 6.07 Å². The van der Waals surface area contributed by atoms with Gasteiger partial charge < -0.3 is 5.73 Å². The molecule has 0 aliphatic heterocycles. The standard InChI is InChI=1S/C14H16FN3O/c15-12-6-5-9(7-10(12)8-16)13(14(17)19)18-11-3-1-2-4-11/h5-7,11,13,18H,1-4H2,(H2,17,19). The van der Waals surface area contributed by atoms with Gasteiger partial charge in [0, 0.05) is 6.04 Å². The molecule has 1 atom stereocenters. The second-order valence-electron chi connectivity index (χ2n) is 4.83. The van der Waals surface area contributed by atoms with Gasteiger partial charge in [0.1, 0.15) is 17.9 Å². The summed E-state index contributed by atoms with van der Waals surface area (Å²) in [5.74, 6) is -1.10. The summed E-state index contributed by atoms with van der Waals surface area (Å²) >= 11 is 0. The summed E-state index contributed by atoms with van der Waals surface area (Å²) < 4.78 is 13.3. The molecule has 1 unspecified atom stereocenters. The molecule has 3 N–H and O–H groups in total. The fourth-order valence-electron chi connectivity index (χ4n) is 2.48. The van der Waals surface area contributed by atoms with Gasteiger partial charge in [-0.15, -0.1) is 0 Å². The number of nitrogens with one attached hydrogen (secondary N) is 1. The quantitative estimate of drug-likeness (QED) is 0.866. The first kappa shape index (κ1) is 13.5. The van der Waals surface area contributed by atoms with E-state index in [9.17, 15) is 9.18 Å². The van der Waals surface area contributed by atoms with Crippen LogP contribution >= 0.6 is 0 Å². The average Bonchev–Trinajstić information content (AvgIpc) is 2.89. The number of primary amides is 1. The molecule has 1 amide bonds. The highest BCUT2D eigenvalue weighted by Gasteiger charge is 2.24. The monoisotopic (exact) mass is 261 g/mol. The normalized spacial score (nSPS) is 17.1. The molecule has 1 saturated carbocycles. The molecular formula is C14H16FN3O. The number of halogens is 1. The Morgan fingerprint density at radius 3 is 2.74 bits per heavy atom. The maximum Gasteiger partial charge on any atom is 0.239 e. The third kappa shape index (κ3) is 3.09. The Morgan fingerprint density at radius 2 is 2.16 bits per heavy atom. The highest BCUT2D eigenvalue weighted by molar-refractivity contribution is 5.81. The fraction of sp³-hybridized carbons (Fsp3) is 0.429. The summed E-state index contributed by atoms with van der Waals surface area (Å²) in [7, 11) is 0. The molecule has 1 aromatic carbocycles. The van der Waals surface area contributed by atoms with Crippen LogP contribution in [0.5, 0.6) is 0 Å². The zero-order valence-corrected chi connectivity index (χ0v) is 10.5. The van der Waals surface area contributed by atoms with Gasteiger partial charge in [-0.1, -0.05) is 18.9 Å². The Kier molecular flexibility index (Phi) is 4.13. The summed E-state index contributed by atoms with van der Waals surface area (Å²) in [5.41, 5.74) is 5.87. The molecule has 1 aliphatic carbocycles. The molecule has 0 spiro atoms. The van der Waals surface area contributed by atoms with E-state index in [2.05, 4.69) is 5.32 Å². The fourth-order valence-corrected chi connectivity index (χ4v) is 2.48. The molecule has 1 fully saturated rings. The van der Waals surface area contributed by atoms with Crippen LogP contribution in [0.1, 0.15) is 42.9 Å². The van der Waals surface area contributed by atoms with Crippen LogP contribution in [-0.2, 0) is 4.79 Å². The average molecular weight is 261 g/mol. The number of nitrogens with zero attached hydrogens (tertiary/aromatic N) is 1. The van der Waals surface area contributed by atoms with E-state index < -0.39 is 17.8 Å². The van der Waals surface area contributed by atoms with Gasteiger partial charge in [0.15, 0.2) is 0 Å². The summed E-state index contributed by atoms with van der Waals surface area (Å²) in [6, 6.07) is 5.42. The van der Waals surface area contributed by atoms with E-state index in [0.717, 1.165) is 25.7 Å². The molecule has 0 saturated heterocycles. The molecule has 2 rings (SSSR count). The topological polar surface area (TPSA) is 78.9 Å². The lowest BCUT2D eigenvalue weighted by molar-refractivity contribution is -0.120.